The minimum atomic E-state index is -0.447. The highest BCUT2D eigenvalue weighted by molar-refractivity contribution is 6.04. The number of benzene rings is 2. The van der Waals surface area contributed by atoms with Gasteiger partial charge in [-0.2, -0.15) is 0 Å². The predicted molar refractivity (Wildman–Crippen MR) is 95.7 cm³/mol. The Hall–Kier alpha value is -2.73. The number of carbonyl (C=O) groups is 2. The zero-order valence-electron chi connectivity index (χ0n) is 14.1. The molecule has 2 amide bonds. The summed E-state index contributed by atoms with van der Waals surface area (Å²) in [7, 11) is 0. The van der Waals surface area contributed by atoms with Crippen molar-refractivity contribution in [2.45, 2.75) is 13.3 Å². The van der Waals surface area contributed by atoms with Crippen LogP contribution in [-0.2, 0) is 11.2 Å². The van der Waals surface area contributed by atoms with E-state index in [0.717, 1.165) is 0 Å². The average molecular weight is 343 g/mol. The molecular formula is C19H22FN3O2. The molecule has 1 unspecified atom stereocenters. The molecule has 0 radical (unpaired) electrons. The van der Waals surface area contributed by atoms with Crippen LogP contribution >= 0.6 is 0 Å². The Kier molecular flexibility index (Phi) is 6.65. The molecule has 6 heteroatoms. The van der Waals surface area contributed by atoms with Crippen molar-refractivity contribution in [3.63, 3.8) is 0 Å². The van der Waals surface area contributed by atoms with Gasteiger partial charge in [-0.25, -0.2) is 4.39 Å². The number of para-hydroxylation sites is 1. The lowest BCUT2D eigenvalue weighted by Crippen LogP contribution is -2.30. The van der Waals surface area contributed by atoms with Gasteiger partial charge < -0.3 is 16.4 Å². The molecule has 0 heterocycles. The van der Waals surface area contributed by atoms with E-state index in [1.54, 1.807) is 49.4 Å². The first kappa shape index (κ1) is 18.6. The van der Waals surface area contributed by atoms with E-state index in [4.69, 9.17) is 5.73 Å². The summed E-state index contributed by atoms with van der Waals surface area (Å²) < 4.78 is 13.7. The number of carbonyl (C=O) groups excluding carboxylic acids is 2. The number of anilines is 1. The van der Waals surface area contributed by atoms with E-state index in [1.165, 1.54) is 6.07 Å². The van der Waals surface area contributed by atoms with Crippen molar-refractivity contribution in [3.8, 4) is 0 Å². The summed E-state index contributed by atoms with van der Waals surface area (Å²) in [6.07, 6.45) is 0.278. The Balaban J connectivity index is 2.07. The van der Waals surface area contributed by atoms with E-state index < -0.39 is 5.92 Å². The van der Waals surface area contributed by atoms with Crippen molar-refractivity contribution in [3.05, 3.63) is 65.5 Å². The second-order valence-corrected chi connectivity index (χ2v) is 5.78. The van der Waals surface area contributed by atoms with Gasteiger partial charge in [-0.05, 0) is 30.2 Å². The van der Waals surface area contributed by atoms with Gasteiger partial charge in [0.2, 0.25) is 5.91 Å². The average Bonchev–Trinajstić information content (AvgIpc) is 2.62. The Labute approximate surface area is 146 Å². The monoisotopic (exact) mass is 343 g/mol. The van der Waals surface area contributed by atoms with Gasteiger partial charge in [-0.3, -0.25) is 9.59 Å². The van der Waals surface area contributed by atoms with Gasteiger partial charge >= 0.3 is 0 Å². The largest absolute Gasteiger partial charge is 0.351 e. The van der Waals surface area contributed by atoms with Crippen LogP contribution in [0.1, 0.15) is 22.8 Å². The summed E-state index contributed by atoms with van der Waals surface area (Å²) in [5, 5.41) is 5.43. The van der Waals surface area contributed by atoms with E-state index in [0.29, 0.717) is 29.9 Å². The fourth-order valence-electron chi connectivity index (χ4n) is 2.41. The third-order valence-electron chi connectivity index (χ3n) is 3.79. The smallest absolute Gasteiger partial charge is 0.253 e. The van der Waals surface area contributed by atoms with E-state index in [2.05, 4.69) is 10.6 Å². The third kappa shape index (κ3) is 5.12. The molecule has 0 aromatic heterocycles. The number of nitrogens with one attached hydrogen (secondary N) is 2. The molecule has 0 aliphatic rings. The molecule has 1 atom stereocenters. The first-order valence-corrected chi connectivity index (χ1v) is 8.14. The zero-order valence-corrected chi connectivity index (χ0v) is 14.1. The molecule has 2 rings (SSSR count). The van der Waals surface area contributed by atoms with Crippen LogP contribution in [0.25, 0.3) is 0 Å². The number of hydrogen-bond donors (Lipinski definition) is 3. The van der Waals surface area contributed by atoms with Gasteiger partial charge in [0.05, 0.1) is 11.3 Å². The van der Waals surface area contributed by atoms with E-state index in [-0.39, 0.29) is 24.1 Å². The SMILES string of the molecule is CC(Cc1ccccc1F)C(=O)Nc1ccccc1C(=O)NCCN. The van der Waals surface area contributed by atoms with Gasteiger partial charge in [0.15, 0.2) is 0 Å². The molecule has 5 nitrogen and oxygen atoms in total. The standard InChI is InChI=1S/C19H22FN3O2/c1-13(12-14-6-2-4-8-16(14)20)18(24)23-17-9-5-3-7-15(17)19(25)22-11-10-21/h2-9,13H,10-12,21H2,1H3,(H,22,25)(H,23,24). The molecule has 2 aromatic rings. The van der Waals surface area contributed by atoms with Crippen molar-refractivity contribution < 1.29 is 14.0 Å². The van der Waals surface area contributed by atoms with Crippen molar-refractivity contribution in [1.82, 2.24) is 5.32 Å². The number of rotatable bonds is 7. The highest BCUT2D eigenvalue weighted by Crippen LogP contribution is 2.18. The molecule has 0 bridgehead atoms. The molecule has 132 valence electrons. The number of hydrogen-bond acceptors (Lipinski definition) is 3. The molecule has 0 saturated carbocycles. The molecule has 2 aromatic carbocycles. The molecular weight excluding hydrogens is 321 g/mol. The molecule has 0 aliphatic carbocycles. The maximum absolute atomic E-state index is 13.7. The third-order valence-corrected chi connectivity index (χ3v) is 3.79. The first-order valence-electron chi connectivity index (χ1n) is 8.14. The van der Waals surface area contributed by atoms with Gasteiger partial charge in [-0.15, -0.1) is 0 Å². The summed E-state index contributed by atoms with van der Waals surface area (Å²) in [5.74, 6) is -1.36. The molecule has 0 aliphatic heterocycles. The minimum absolute atomic E-state index is 0.276. The van der Waals surface area contributed by atoms with Crippen LogP contribution in [-0.4, -0.2) is 24.9 Å². The van der Waals surface area contributed by atoms with Gasteiger partial charge in [0.25, 0.3) is 5.91 Å². The van der Waals surface area contributed by atoms with Crippen molar-refractivity contribution in [2.24, 2.45) is 11.7 Å². The molecule has 0 saturated heterocycles. The van der Waals surface area contributed by atoms with Crippen LogP contribution < -0.4 is 16.4 Å². The van der Waals surface area contributed by atoms with Gasteiger partial charge in [-0.1, -0.05) is 37.3 Å². The van der Waals surface area contributed by atoms with Crippen LogP contribution in [0.2, 0.25) is 0 Å². The van der Waals surface area contributed by atoms with Crippen molar-refractivity contribution in [1.29, 1.82) is 0 Å². The summed E-state index contributed by atoms with van der Waals surface area (Å²) in [5.41, 5.74) is 6.65. The Morgan fingerprint density at radius 3 is 2.52 bits per heavy atom. The predicted octanol–water partition coefficient (Wildman–Crippen LogP) is 2.33. The van der Waals surface area contributed by atoms with Crippen LogP contribution in [0.3, 0.4) is 0 Å². The lowest BCUT2D eigenvalue weighted by atomic mass is 9.99. The molecule has 0 fully saturated rings. The molecule has 25 heavy (non-hydrogen) atoms. The van der Waals surface area contributed by atoms with Crippen molar-refractivity contribution >= 4 is 17.5 Å². The topological polar surface area (TPSA) is 84.2 Å². The van der Waals surface area contributed by atoms with Crippen LogP contribution in [0, 0.1) is 11.7 Å². The summed E-state index contributed by atoms with van der Waals surface area (Å²) in [6.45, 7) is 2.41. The Morgan fingerprint density at radius 2 is 1.80 bits per heavy atom. The number of halogens is 1. The molecule has 4 N–H and O–H groups in total. The zero-order chi connectivity index (χ0) is 18.2. The number of nitrogens with two attached hydrogens (primary N) is 1. The van der Waals surface area contributed by atoms with Gasteiger partial charge in [0, 0.05) is 19.0 Å². The highest BCUT2D eigenvalue weighted by atomic mass is 19.1. The van der Waals surface area contributed by atoms with E-state index in [9.17, 15) is 14.0 Å². The highest BCUT2D eigenvalue weighted by Gasteiger charge is 2.18. The maximum Gasteiger partial charge on any atom is 0.253 e. The first-order chi connectivity index (χ1) is 12.0. The molecule has 0 spiro atoms. The lowest BCUT2D eigenvalue weighted by Gasteiger charge is -2.15. The van der Waals surface area contributed by atoms with Crippen molar-refractivity contribution in [2.75, 3.05) is 18.4 Å². The fraction of sp³-hybridized carbons (Fsp3) is 0.263. The normalized spacial score (nSPS) is 11.6. The quantitative estimate of drug-likeness (QED) is 0.721. The Morgan fingerprint density at radius 1 is 1.12 bits per heavy atom. The second-order valence-electron chi connectivity index (χ2n) is 5.78. The van der Waals surface area contributed by atoms with E-state index >= 15 is 0 Å². The Bertz CT molecular complexity index is 749. The van der Waals surface area contributed by atoms with Crippen LogP contribution in [0.5, 0.6) is 0 Å². The lowest BCUT2D eigenvalue weighted by molar-refractivity contribution is -0.119. The van der Waals surface area contributed by atoms with Crippen LogP contribution in [0.4, 0.5) is 10.1 Å². The summed E-state index contributed by atoms with van der Waals surface area (Å²) in [4.78, 5) is 24.6. The van der Waals surface area contributed by atoms with Crippen LogP contribution in [0.15, 0.2) is 48.5 Å². The maximum atomic E-state index is 13.7. The summed E-state index contributed by atoms with van der Waals surface area (Å²) >= 11 is 0. The van der Waals surface area contributed by atoms with E-state index in [1.807, 2.05) is 0 Å². The summed E-state index contributed by atoms with van der Waals surface area (Å²) in [6, 6.07) is 13.1. The van der Waals surface area contributed by atoms with Gasteiger partial charge in [0.1, 0.15) is 5.82 Å². The fourth-order valence-corrected chi connectivity index (χ4v) is 2.41. The minimum Gasteiger partial charge on any atom is -0.351 e. The number of amides is 2. The second kappa shape index (κ2) is 8.94.